The van der Waals surface area contributed by atoms with Crippen LogP contribution in [-0.2, 0) is 6.42 Å². The SMILES string of the molecule is COc1ccc(Cl)cc1C(Cc1cncc(Br)c1)NN. The number of hydrogen-bond donors (Lipinski definition) is 2. The number of methoxy groups -OCH3 is 1. The number of nitrogens with one attached hydrogen (secondary N) is 1. The van der Waals surface area contributed by atoms with E-state index in [0.717, 1.165) is 21.3 Å². The molecule has 0 amide bonds. The molecule has 2 rings (SSSR count). The van der Waals surface area contributed by atoms with Crippen molar-refractivity contribution in [1.82, 2.24) is 10.4 Å². The molecule has 0 aliphatic carbocycles. The Morgan fingerprint density at radius 1 is 1.40 bits per heavy atom. The van der Waals surface area contributed by atoms with Gasteiger partial charge in [0.2, 0.25) is 0 Å². The van der Waals surface area contributed by atoms with Crippen molar-refractivity contribution in [3.05, 3.63) is 57.3 Å². The summed E-state index contributed by atoms with van der Waals surface area (Å²) in [5.74, 6) is 6.43. The van der Waals surface area contributed by atoms with Crippen molar-refractivity contribution in [1.29, 1.82) is 0 Å². The maximum Gasteiger partial charge on any atom is 0.123 e. The molecule has 1 aromatic heterocycles. The first-order valence-corrected chi connectivity index (χ1v) is 7.20. The van der Waals surface area contributed by atoms with E-state index in [9.17, 15) is 0 Å². The summed E-state index contributed by atoms with van der Waals surface area (Å²) in [5, 5.41) is 0.647. The molecule has 2 aromatic rings. The molecule has 0 spiro atoms. The van der Waals surface area contributed by atoms with Crippen LogP contribution in [0.15, 0.2) is 41.1 Å². The highest BCUT2D eigenvalue weighted by Crippen LogP contribution is 2.30. The average molecular weight is 357 g/mol. The van der Waals surface area contributed by atoms with Crippen LogP contribution in [0.4, 0.5) is 0 Å². The Morgan fingerprint density at radius 2 is 2.20 bits per heavy atom. The summed E-state index contributed by atoms with van der Waals surface area (Å²) in [5.41, 5.74) is 4.79. The van der Waals surface area contributed by atoms with Gasteiger partial charge < -0.3 is 4.74 Å². The molecular formula is C14H15BrClN3O. The van der Waals surface area contributed by atoms with Crippen LogP contribution < -0.4 is 16.0 Å². The van der Waals surface area contributed by atoms with Gasteiger partial charge in [-0.25, -0.2) is 0 Å². The lowest BCUT2D eigenvalue weighted by Gasteiger charge is -2.19. The lowest BCUT2D eigenvalue weighted by molar-refractivity contribution is 0.399. The zero-order chi connectivity index (χ0) is 14.5. The average Bonchev–Trinajstić information content (AvgIpc) is 2.45. The van der Waals surface area contributed by atoms with E-state index in [2.05, 4.69) is 26.3 Å². The predicted octanol–water partition coefficient (Wildman–Crippen LogP) is 3.25. The van der Waals surface area contributed by atoms with Gasteiger partial charge in [0.25, 0.3) is 0 Å². The van der Waals surface area contributed by atoms with Crippen molar-refractivity contribution >= 4 is 27.5 Å². The monoisotopic (exact) mass is 355 g/mol. The minimum absolute atomic E-state index is 0.111. The van der Waals surface area contributed by atoms with Gasteiger partial charge in [0.15, 0.2) is 0 Å². The van der Waals surface area contributed by atoms with Gasteiger partial charge >= 0.3 is 0 Å². The molecule has 0 aliphatic rings. The molecule has 1 unspecified atom stereocenters. The first-order valence-electron chi connectivity index (χ1n) is 6.03. The molecule has 1 heterocycles. The molecule has 20 heavy (non-hydrogen) atoms. The van der Waals surface area contributed by atoms with Gasteiger partial charge in [-0.05, 0) is 52.2 Å². The number of pyridine rings is 1. The summed E-state index contributed by atoms with van der Waals surface area (Å²) in [6.45, 7) is 0. The number of nitrogens with zero attached hydrogens (tertiary/aromatic N) is 1. The second kappa shape index (κ2) is 7.04. The number of halogens is 2. The van der Waals surface area contributed by atoms with Crippen molar-refractivity contribution in [2.45, 2.75) is 12.5 Å². The van der Waals surface area contributed by atoms with Gasteiger partial charge in [-0.2, -0.15) is 0 Å². The molecule has 0 aliphatic heterocycles. The third-order valence-electron chi connectivity index (χ3n) is 2.97. The summed E-state index contributed by atoms with van der Waals surface area (Å²) in [7, 11) is 1.63. The first kappa shape index (κ1) is 15.3. The quantitative estimate of drug-likeness (QED) is 0.638. The van der Waals surface area contributed by atoms with E-state index in [4.69, 9.17) is 22.2 Å². The van der Waals surface area contributed by atoms with Crippen molar-refractivity contribution in [2.24, 2.45) is 5.84 Å². The Labute approximate surface area is 131 Å². The van der Waals surface area contributed by atoms with Crippen LogP contribution in [0, 0.1) is 0 Å². The largest absolute Gasteiger partial charge is 0.496 e. The smallest absolute Gasteiger partial charge is 0.123 e. The second-order valence-corrected chi connectivity index (χ2v) is 5.67. The fraction of sp³-hybridized carbons (Fsp3) is 0.214. The molecule has 0 bridgehead atoms. The lowest BCUT2D eigenvalue weighted by Crippen LogP contribution is -2.30. The highest BCUT2D eigenvalue weighted by atomic mass is 79.9. The summed E-state index contributed by atoms with van der Waals surface area (Å²) < 4.78 is 6.30. The Morgan fingerprint density at radius 3 is 2.85 bits per heavy atom. The van der Waals surface area contributed by atoms with Crippen molar-refractivity contribution in [2.75, 3.05) is 7.11 Å². The molecule has 0 saturated heterocycles. The Hall–Kier alpha value is -1.14. The van der Waals surface area contributed by atoms with Gasteiger partial charge in [0.1, 0.15) is 5.75 Å². The number of hydrazine groups is 1. The topological polar surface area (TPSA) is 60.2 Å². The molecule has 3 N–H and O–H groups in total. The standard InChI is InChI=1S/C14H15BrClN3O/c1-20-14-3-2-11(16)6-12(14)13(19-17)5-9-4-10(15)8-18-7-9/h2-4,6-8,13,19H,5,17H2,1H3. The number of benzene rings is 1. The third-order valence-corrected chi connectivity index (χ3v) is 3.64. The van der Waals surface area contributed by atoms with Gasteiger partial charge in [-0.1, -0.05) is 11.6 Å². The minimum Gasteiger partial charge on any atom is -0.496 e. The fourth-order valence-corrected chi connectivity index (χ4v) is 2.63. The summed E-state index contributed by atoms with van der Waals surface area (Å²) >= 11 is 9.47. The van der Waals surface area contributed by atoms with Crippen molar-refractivity contribution < 1.29 is 4.74 Å². The number of hydrogen-bond acceptors (Lipinski definition) is 4. The Balaban J connectivity index is 2.30. The van der Waals surface area contributed by atoms with Crippen LogP contribution in [0.1, 0.15) is 17.2 Å². The van der Waals surface area contributed by atoms with Crippen LogP contribution in [0.5, 0.6) is 5.75 Å². The molecule has 0 fully saturated rings. The molecular weight excluding hydrogens is 342 g/mol. The van der Waals surface area contributed by atoms with Crippen LogP contribution in [-0.4, -0.2) is 12.1 Å². The van der Waals surface area contributed by atoms with E-state index in [-0.39, 0.29) is 6.04 Å². The normalized spacial score (nSPS) is 12.2. The molecule has 6 heteroatoms. The molecule has 1 atom stereocenters. The van der Waals surface area contributed by atoms with E-state index < -0.39 is 0 Å². The van der Waals surface area contributed by atoms with Crippen LogP contribution in [0.25, 0.3) is 0 Å². The summed E-state index contributed by atoms with van der Waals surface area (Å²) in [6.07, 6.45) is 4.24. The van der Waals surface area contributed by atoms with E-state index in [1.807, 2.05) is 24.4 Å². The first-order chi connectivity index (χ1) is 9.63. The third kappa shape index (κ3) is 3.70. The highest BCUT2D eigenvalue weighted by molar-refractivity contribution is 9.10. The number of nitrogens with two attached hydrogens (primary N) is 1. The number of ether oxygens (including phenoxy) is 1. The summed E-state index contributed by atoms with van der Waals surface area (Å²) in [4.78, 5) is 4.15. The van der Waals surface area contributed by atoms with Crippen LogP contribution in [0.2, 0.25) is 5.02 Å². The molecule has 4 nitrogen and oxygen atoms in total. The van der Waals surface area contributed by atoms with Gasteiger partial charge in [-0.15, -0.1) is 0 Å². The fourth-order valence-electron chi connectivity index (χ4n) is 2.04. The zero-order valence-electron chi connectivity index (χ0n) is 10.9. The van der Waals surface area contributed by atoms with E-state index >= 15 is 0 Å². The lowest BCUT2D eigenvalue weighted by atomic mass is 9.99. The molecule has 106 valence electrons. The van der Waals surface area contributed by atoms with Gasteiger partial charge in [-0.3, -0.25) is 16.3 Å². The van der Waals surface area contributed by atoms with E-state index in [0.29, 0.717) is 11.4 Å². The Bertz CT molecular complexity index is 594. The maximum absolute atomic E-state index is 6.06. The Kier molecular flexibility index (Phi) is 5.37. The zero-order valence-corrected chi connectivity index (χ0v) is 13.3. The van der Waals surface area contributed by atoms with Crippen LogP contribution in [0.3, 0.4) is 0 Å². The highest BCUT2D eigenvalue weighted by Gasteiger charge is 2.16. The summed E-state index contributed by atoms with van der Waals surface area (Å²) in [6, 6.07) is 7.38. The van der Waals surface area contributed by atoms with Gasteiger partial charge in [0.05, 0.1) is 13.2 Å². The predicted molar refractivity (Wildman–Crippen MR) is 83.7 cm³/mol. The second-order valence-electron chi connectivity index (χ2n) is 4.32. The van der Waals surface area contributed by atoms with E-state index in [1.54, 1.807) is 19.4 Å². The maximum atomic E-state index is 6.06. The van der Waals surface area contributed by atoms with Crippen molar-refractivity contribution in [3.8, 4) is 5.75 Å². The molecule has 1 aromatic carbocycles. The number of rotatable bonds is 5. The van der Waals surface area contributed by atoms with Crippen LogP contribution >= 0.6 is 27.5 Å². The van der Waals surface area contributed by atoms with Crippen molar-refractivity contribution in [3.63, 3.8) is 0 Å². The van der Waals surface area contributed by atoms with Gasteiger partial charge in [0, 0.05) is 27.5 Å². The minimum atomic E-state index is -0.111. The molecule has 0 radical (unpaired) electrons. The number of aromatic nitrogens is 1. The van der Waals surface area contributed by atoms with E-state index in [1.165, 1.54) is 0 Å². The molecule has 0 saturated carbocycles.